The first kappa shape index (κ1) is 13.2. The average Bonchev–Trinajstić information content (AvgIpc) is 2.77. The van der Waals surface area contributed by atoms with E-state index >= 15 is 0 Å². The van der Waals surface area contributed by atoms with Crippen molar-refractivity contribution in [3.05, 3.63) is 53.9 Å². The van der Waals surface area contributed by atoms with E-state index in [4.69, 9.17) is 5.11 Å². The van der Waals surface area contributed by atoms with Crippen molar-refractivity contribution < 1.29 is 27.1 Å². The molecule has 0 saturated heterocycles. The van der Waals surface area contributed by atoms with E-state index in [1.54, 1.807) is 0 Å². The fourth-order valence-electron chi connectivity index (χ4n) is 1.53. The lowest BCUT2D eigenvalue weighted by atomic mass is 10.3. The number of aromatic nitrogens is 1. The second kappa shape index (κ2) is 4.47. The molecule has 0 unspecified atom stereocenters. The molecule has 0 aliphatic carbocycles. The number of carboxylic acid groups (broad SMARTS) is 1. The molecule has 0 fully saturated rings. The van der Waals surface area contributed by atoms with E-state index < -0.39 is 38.2 Å². The van der Waals surface area contributed by atoms with Crippen LogP contribution in [-0.4, -0.2) is 23.5 Å². The molecule has 0 saturated carbocycles. The molecule has 0 radical (unpaired) electrons. The highest BCUT2D eigenvalue weighted by molar-refractivity contribution is 7.90. The topological polar surface area (TPSA) is 76.4 Å². The summed E-state index contributed by atoms with van der Waals surface area (Å²) in [7, 11) is -4.42. The molecular weight excluding hydrogens is 280 g/mol. The second-order valence-electron chi connectivity index (χ2n) is 3.57. The minimum absolute atomic E-state index is 0.414. The Hall–Kier alpha value is -2.22. The van der Waals surface area contributed by atoms with Crippen LogP contribution in [0.3, 0.4) is 0 Å². The third-order valence-electron chi connectivity index (χ3n) is 2.36. The fourth-order valence-corrected chi connectivity index (χ4v) is 2.92. The molecule has 1 aromatic carbocycles. The molecule has 19 heavy (non-hydrogen) atoms. The van der Waals surface area contributed by atoms with Gasteiger partial charge in [-0.1, -0.05) is 0 Å². The second-order valence-corrected chi connectivity index (χ2v) is 5.36. The first-order chi connectivity index (χ1) is 8.84. The third kappa shape index (κ3) is 2.22. The Morgan fingerprint density at radius 1 is 1.21 bits per heavy atom. The van der Waals surface area contributed by atoms with Gasteiger partial charge < -0.3 is 5.11 Å². The van der Waals surface area contributed by atoms with Gasteiger partial charge in [0.2, 0.25) is 0 Å². The first-order valence-corrected chi connectivity index (χ1v) is 6.39. The summed E-state index contributed by atoms with van der Waals surface area (Å²) in [5, 5.41) is 8.84. The highest BCUT2D eigenvalue weighted by Gasteiger charge is 2.25. The molecule has 0 spiro atoms. The van der Waals surface area contributed by atoms with Crippen LogP contribution in [0.2, 0.25) is 0 Å². The SMILES string of the molecule is O=C(O)c1cccn1S(=O)(=O)c1ccc(F)cc1F. The highest BCUT2D eigenvalue weighted by Crippen LogP contribution is 2.20. The summed E-state index contributed by atoms with van der Waals surface area (Å²) in [5.41, 5.74) is -0.538. The van der Waals surface area contributed by atoms with Gasteiger partial charge in [-0.15, -0.1) is 0 Å². The number of hydrogen-bond acceptors (Lipinski definition) is 3. The van der Waals surface area contributed by atoms with Crippen molar-refractivity contribution in [3.63, 3.8) is 0 Å². The van der Waals surface area contributed by atoms with Gasteiger partial charge in [-0.05, 0) is 24.3 Å². The average molecular weight is 287 g/mol. The molecule has 0 bridgehead atoms. The molecule has 2 aromatic rings. The van der Waals surface area contributed by atoms with Crippen LogP contribution in [0.5, 0.6) is 0 Å². The Morgan fingerprint density at radius 3 is 2.47 bits per heavy atom. The van der Waals surface area contributed by atoms with Crippen molar-refractivity contribution >= 4 is 16.0 Å². The number of rotatable bonds is 3. The summed E-state index contributed by atoms with van der Waals surface area (Å²) < 4.78 is 50.8. The quantitative estimate of drug-likeness (QED) is 0.932. The van der Waals surface area contributed by atoms with E-state index in [2.05, 4.69) is 0 Å². The van der Waals surface area contributed by atoms with Gasteiger partial charge in [0, 0.05) is 12.3 Å². The Balaban J connectivity index is 2.66. The summed E-state index contributed by atoms with van der Waals surface area (Å²) in [6.07, 6.45) is 0.974. The minimum atomic E-state index is -4.42. The fraction of sp³-hybridized carbons (Fsp3) is 0. The van der Waals surface area contributed by atoms with Gasteiger partial charge in [0.05, 0.1) is 0 Å². The molecule has 0 atom stereocenters. The van der Waals surface area contributed by atoms with Crippen molar-refractivity contribution in [2.24, 2.45) is 0 Å². The lowest BCUT2D eigenvalue weighted by Gasteiger charge is -2.08. The van der Waals surface area contributed by atoms with E-state index in [0.717, 1.165) is 24.4 Å². The van der Waals surface area contributed by atoms with Crippen molar-refractivity contribution in [2.45, 2.75) is 4.90 Å². The molecular formula is C11H7F2NO4S. The van der Waals surface area contributed by atoms with Gasteiger partial charge in [0.25, 0.3) is 10.0 Å². The maximum Gasteiger partial charge on any atom is 0.353 e. The Kier molecular flexibility index (Phi) is 3.11. The molecule has 2 rings (SSSR count). The van der Waals surface area contributed by atoms with Crippen LogP contribution in [0.4, 0.5) is 8.78 Å². The van der Waals surface area contributed by atoms with E-state index in [1.807, 2.05) is 0 Å². The van der Waals surface area contributed by atoms with Gasteiger partial charge in [-0.2, -0.15) is 0 Å². The molecule has 1 aromatic heterocycles. The van der Waals surface area contributed by atoms with Gasteiger partial charge in [-0.3, -0.25) is 0 Å². The molecule has 100 valence electrons. The number of carbonyl (C=O) groups is 1. The van der Waals surface area contributed by atoms with E-state index in [1.165, 1.54) is 6.07 Å². The zero-order chi connectivity index (χ0) is 14.2. The van der Waals surface area contributed by atoms with Gasteiger partial charge in [-0.25, -0.2) is 26.0 Å². The predicted octanol–water partition coefficient (Wildman–Crippen LogP) is 1.70. The zero-order valence-corrected chi connectivity index (χ0v) is 10.1. The summed E-state index contributed by atoms with van der Waals surface area (Å²) >= 11 is 0. The monoisotopic (exact) mass is 287 g/mol. The largest absolute Gasteiger partial charge is 0.477 e. The van der Waals surface area contributed by atoms with Crippen molar-refractivity contribution in [1.82, 2.24) is 3.97 Å². The number of halogens is 2. The number of aromatic carboxylic acids is 1. The van der Waals surface area contributed by atoms with Crippen LogP contribution >= 0.6 is 0 Å². The smallest absolute Gasteiger partial charge is 0.353 e. The summed E-state index contributed by atoms with van der Waals surface area (Å²) in [6, 6.07) is 4.19. The number of benzene rings is 1. The number of carboxylic acids is 1. The predicted molar refractivity (Wildman–Crippen MR) is 60.3 cm³/mol. The van der Waals surface area contributed by atoms with Gasteiger partial charge >= 0.3 is 5.97 Å². The maximum atomic E-state index is 13.5. The number of hydrogen-bond donors (Lipinski definition) is 1. The van der Waals surface area contributed by atoms with Crippen molar-refractivity contribution in [3.8, 4) is 0 Å². The Bertz CT molecular complexity index is 752. The van der Waals surface area contributed by atoms with E-state index in [-0.39, 0.29) is 0 Å². The molecule has 1 heterocycles. The van der Waals surface area contributed by atoms with E-state index in [9.17, 15) is 22.0 Å². The molecule has 1 N–H and O–H groups in total. The first-order valence-electron chi connectivity index (χ1n) is 4.95. The normalized spacial score (nSPS) is 11.5. The van der Waals surface area contributed by atoms with Crippen molar-refractivity contribution in [2.75, 3.05) is 0 Å². The molecule has 0 aliphatic rings. The van der Waals surface area contributed by atoms with Crippen LogP contribution in [0, 0.1) is 11.6 Å². The van der Waals surface area contributed by atoms with Crippen LogP contribution in [0.1, 0.15) is 10.5 Å². The molecule has 0 aliphatic heterocycles. The Labute approximate surface area is 106 Å². The van der Waals surface area contributed by atoms with E-state index in [0.29, 0.717) is 10.0 Å². The zero-order valence-electron chi connectivity index (χ0n) is 9.25. The summed E-state index contributed by atoms with van der Waals surface area (Å²) in [5.74, 6) is -3.69. The Morgan fingerprint density at radius 2 is 1.89 bits per heavy atom. The molecule has 5 nitrogen and oxygen atoms in total. The van der Waals surface area contributed by atoms with Gasteiger partial charge in [0.15, 0.2) is 0 Å². The van der Waals surface area contributed by atoms with Crippen molar-refractivity contribution in [1.29, 1.82) is 0 Å². The summed E-state index contributed by atoms with van der Waals surface area (Å²) in [6.45, 7) is 0. The summed E-state index contributed by atoms with van der Waals surface area (Å²) in [4.78, 5) is 10.1. The molecule has 0 amide bonds. The minimum Gasteiger partial charge on any atom is -0.477 e. The maximum absolute atomic E-state index is 13.5. The number of nitrogens with zero attached hydrogens (tertiary/aromatic N) is 1. The lowest BCUT2D eigenvalue weighted by molar-refractivity contribution is 0.0689. The highest BCUT2D eigenvalue weighted by atomic mass is 32.2. The van der Waals surface area contributed by atoms with Crippen LogP contribution in [0.25, 0.3) is 0 Å². The van der Waals surface area contributed by atoms with Crippen LogP contribution in [0.15, 0.2) is 41.4 Å². The lowest BCUT2D eigenvalue weighted by Crippen LogP contribution is -2.18. The molecule has 8 heteroatoms. The van der Waals surface area contributed by atoms with Gasteiger partial charge in [0.1, 0.15) is 22.2 Å². The third-order valence-corrected chi connectivity index (χ3v) is 4.09. The standard InChI is InChI=1S/C11H7F2NO4S/c12-7-3-4-10(8(13)6-7)19(17,18)14-5-1-2-9(14)11(15)16/h1-6H,(H,15,16). The van der Waals surface area contributed by atoms with Crippen LogP contribution < -0.4 is 0 Å². The van der Waals surface area contributed by atoms with Crippen LogP contribution in [-0.2, 0) is 10.0 Å².